The predicted molar refractivity (Wildman–Crippen MR) is 83.1 cm³/mol. The molecule has 0 saturated carbocycles. The van der Waals surface area contributed by atoms with Crippen molar-refractivity contribution >= 4 is 11.6 Å². The SMILES string of the molecule is CCC1(CC)OC(c2ccc(Cl)cc2)c2ccccc21. The summed E-state index contributed by atoms with van der Waals surface area (Å²) < 4.78 is 6.50. The number of ether oxygens (including phenoxy) is 1. The van der Waals surface area contributed by atoms with Gasteiger partial charge >= 0.3 is 0 Å². The molecular weight excluding hydrogens is 268 g/mol. The Bertz CT molecular complexity index is 599. The second-order valence-electron chi connectivity index (χ2n) is 5.34. The van der Waals surface area contributed by atoms with Crippen LogP contribution in [0.2, 0.25) is 5.02 Å². The maximum atomic E-state index is 6.50. The molecular formula is C18H19ClO. The van der Waals surface area contributed by atoms with Crippen LogP contribution in [0.15, 0.2) is 48.5 Å². The lowest BCUT2D eigenvalue weighted by Gasteiger charge is -2.28. The van der Waals surface area contributed by atoms with Crippen molar-refractivity contribution in [3.63, 3.8) is 0 Å². The van der Waals surface area contributed by atoms with Gasteiger partial charge in [0.15, 0.2) is 0 Å². The van der Waals surface area contributed by atoms with Crippen molar-refractivity contribution in [1.82, 2.24) is 0 Å². The molecule has 1 nitrogen and oxygen atoms in total. The Balaban J connectivity index is 2.09. The summed E-state index contributed by atoms with van der Waals surface area (Å²) >= 11 is 5.99. The third-order valence-electron chi connectivity index (χ3n) is 4.39. The minimum atomic E-state index is -0.152. The molecule has 0 radical (unpaired) electrons. The number of halogens is 1. The summed E-state index contributed by atoms with van der Waals surface area (Å²) in [5.41, 5.74) is 3.65. The summed E-state index contributed by atoms with van der Waals surface area (Å²) in [5.74, 6) is 0. The van der Waals surface area contributed by atoms with E-state index in [1.807, 2.05) is 12.1 Å². The molecule has 0 aliphatic carbocycles. The van der Waals surface area contributed by atoms with E-state index in [4.69, 9.17) is 16.3 Å². The first kappa shape index (κ1) is 13.7. The van der Waals surface area contributed by atoms with Gasteiger partial charge in [0.2, 0.25) is 0 Å². The first-order valence-corrected chi connectivity index (χ1v) is 7.60. The van der Waals surface area contributed by atoms with Crippen LogP contribution in [-0.4, -0.2) is 0 Å². The fraction of sp³-hybridized carbons (Fsp3) is 0.333. The molecule has 2 aromatic rings. The van der Waals surface area contributed by atoms with Crippen molar-refractivity contribution in [2.45, 2.75) is 38.4 Å². The molecule has 0 spiro atoms. The van der Waals surface area contributed by atoms with Crippen molar-refractivity contribution in [1.29, 1.82) is 0 Å². The Kier molecular flexibility index (Phi) is 3.57. The van der Waals surface area contributed by atoms with E-state index in [0.717, 1.165) is 17.9 Å². The van der Waals surface area contributed by atoms with Crippen LogP contribution in [0.5, 0.6) is 0 Å². The summed E-state index contributed by atoms with van der Waals surface area (Å²) in [6.07, 6.45) is 2.00. The van der Waals surface area contributed by atoms with Gasteiger partial charge in [-0.05, 0) is 41.7 Å². The van der Waals surface area contributed by atoms with Crippen molar-refractivity contribution in [3.8, 4) is 0 Å². The second-order valence-corrected chi connectivity index (χ2v) is 5.77. The van der Waals surface area contributed by atoms with Crippen LogP contribution in [-0.2, 0) is 10.3 Å². The molecule has 0 amide bonds. The molecule has 2 heteroatoms. The lowest BCUT2D eigenvalue weighted by atomic mass is 9.86. The second kappa shape index (κ2) is 5.23. The number of rotatable bonds is 3. The maximum absolute atomic E-state index is 6.50. The highest BCUT2D eigenvalue weighted by Crippen LogP contribution is 2.49. The number of fused-ring (bicyclic) bond motifs is 1. The average molecular weight is 287 g/mol. The van der Waals surface area contributed by atoms with Gasteiger partial charge in [-0.2, -0.15) is 0 Å². The molecule has 1 aliphatic heterocycles. The molecule has 2 aromatic carbocycles. The number of hydrogen-bond acceptors (Lipinski definition) is 1. The van der Waals surface area contributed by atoms with Crippen molar-refractivity contribution in [2.75, 3.05) is 0 Å². The van der Waals surface area contributed by atoms with Gasteiger partial charge < -0.3 is 4.74 Å². The van der Waals surface area contributed by atoms with E-state index in [0.29, 0.717) is 0 Å². The molecule has 0 saturated heterocycles. The minimum absolute atomic E-state index is 0.0170. The average Bonchev–Trinajstić information content (AvgIpc) is 2.84. The number of benzene rings is 2. The molecule has 1 heterocycles. The van der Waals surface area contributed by atoms with Gasteiger partial charge in [-0.25, -0.2) is 0 Å². The largest absolute Gasteiger partial charge is 0.358 e. The van der Waals surface area contributed by atoms with E-state index in [2.05, 4.69) is 50.2 Å². The van der Waals surface area contributed by atoms with Crippen LogP contribution >= 0.6 is 11.6 Å². The Hall–Kier alpha value is -1.31. The van der Waals surface area contributed by atoms with Gasteiger partial charge in [0.25, 0.3) is 0 Å². The van der Waals surface area contributed by atoms with E-state index < -0.39 is 0 Å². The zero-order chi connectivity index (χ0) is 14.2. The smallest absolute Gasteiger partial charge is 0.109 e. The molecule has 1 aliphatic rings. The zero-order valence-corrected chi connectivity index (χ0v) is 12.7. The van der Waals surface area contributed by atoms with Gasteiger partial charge in [-0.15, -0.1) is 0 Å². The highest BCUT2D eigenvalue weighted by atomic mass is 35.5. The summed E-state index contributed by atoms with van der Waals surface area (Å²) in [6.45, 7) is 4.40. The quantitative estimate of drug-likeness (QED) is 0.726. The fourth-order valence-electron chi connectivity index (χ4n) is 3.18. The standard InChI is InChI=1S/C18H19ClO/c1-3-18(4-2)16-8-6-5-7-15(16)17(20-18)13-9-11-14(19)12-10-13/h5-12,17H,3-4H2,1-2H3. The van der Waals surface area contributed by atoms with Gasteiger partial charge in [-0.1, -0.05) is 61.8 Å². The molecule has 20 heavy (non-hydrogen) atoms. The topological polar surface area (TPSA) is 9.23 Å². The van der Waals surface area contributed by atoms with Crippen LogP contribution in [0.1, 0.15) is 49.5 Å². The van der Waals surface area contributed by atoms with E-state index in [1.165, 1.54) is 16.7 Å². The first-order chi connectivity index (χ1) is 9.70. The van der Waals surface area contributed by atoms with Crippen molar-refractivity contribution < 1.29 is 4.74 Å². The summed E-state index contributed by atoms with van der Waals surface area (Å²) in [7, 11) is 0. The first-order valence-electron chi connectivity index (χ1n) is 7.23. The summed E-state index contributed by atoms with van der Waals surface area (Å²) in [5, 5.41) is 0.761. The Labute approximate surface area is 125 Å². The van der Waals surface area contributed by atoms with Gasteiger partial charge in [0.05, 0.1) is 5.60 Å². The summed E-state index contributed by atoms with van der Waals surface area (Å²) in [4.78, 5) is 0. The summed E-state index contributed by atoms with van der Waals surface area (Å²) in [6, 6.07) is 16.6. The van der Waals surface area contributed by atoms with Crippen molar-refractivity contribution in [3.05, 3.63) is 70.2 Å². The van der Waals surface area contributed by atoms with E-state index in [9.17, 15) is 0 Å². The third-order valence-corrected chi connectivity index (χ3v) is 4.64. The van der Waals surface area contributed by atoms with Crippen LogP contribution < -0.4 is 0 Å². The highest BCUT2D eigenvalue weighted by Gasteiger charge is 2.42. The van der Waals surface area contributed by atoms with Gasteiger partial charge in [0.1, 0.15) is 6.10 Å². The molecule has 104 valence electrons. The molecule has 0 aromatic heterocycles. The molecule has 0 bridgehead atoms. The van der Waals surface area contributed by atoms with E-state index >= 15 is 0 Å². The van der Waals surface area contributed by atoms with Gasteiger partial charge in [0, 0.05) is 5.02 Å². The van der Waals surface area contributed by atoms with E-state index in [-0.39, 0.29) is 11.7 Å². The monoisotopic (exact) mass is 286 g/mol. The zero-order valence-electron chi connectivity index (χ0n) is 11.9. The third kappa shape index (κ3) is 2.06. The van der Waals surface area contributed by atoms with Crippen LogP contribution in [0.4, 0.5) is 0 Å². The molecule has 1 atom stereocenters. The Morgan fingerprint density at radius 1 is 1.00 bits per heavy atom. The lowest BCUT2D eigenvalue weighted by Crippen LogP contribution is -2.23. The van der Waals surface area contributed by atoms with Gasteiger partial charge in [-0.3, -0.25) is 0 Å². The van der Waals surface area contributed by atoms with Crippen LogP contribution in [0.25, 0.3) is 0 Å². The highest BCUT2D eigenvalue weighted by molar-refractivity contribution is 6.30. The lowest BCUT2D eigenvalue weighted by molar-refractivity contribution is -0.0666. The normalized spacial score (nSPS) is 19.9. The molecule has 3 rings (SSSR count). The Morgan fingerprint density at radius 3 is 2.30 bits per heavy atom. The fourth-order valence-corrected chi connectivity index (χ4v) is 3.30. The van der Waals surface area contributed by atoms with E-state index in [1.54, 1.807) is 0 Å². The molecule has 1 unspecified atom stereocenters. The van der Waals surface area contributed by atoms with Crippen LogP contribution in [0, 0.1) is 0 Å². The molecule has 0 fully saturated rings. The van der Waals surface area contributed by atoms with Crippen LogP contribution in [0.3, 0.4) is 0 Å². The minimum Gasteiger partial charge on any atom is -0.358 e. The Morgan fingerprint density at radius 2 is 1.65 bits per heavy atom. The molecule has 0 N–H and O–H groups in total. The number of hydrogen-bond donors (Lipinski definition) is 0. The van der Waals surface area contributed by atoms with Crippen molar-refractivity contribution in [2.24, 2.45) is 0 Å². The maximum Gasteiger partial charge on any atom is 0.109 e. The predicted octanol–water partition coefficient (Wildman–Crippen LogP) is 5.47.